The van der Waals surface area contributed by atoms with E-state index in [1.54, 1.807) is 0 Å². The van der Waals surface area contributed by atoms with Crippen LogP contribution in [0.5, 0.6) is 0 Å². The molecule has 1 aliphatic rings. The van der Waals surface area contributed by atoms with Crippen LogP contribution in [0, 0.1) is 5.92 Å². The molecule has 0 aliphatic heterocycles. The summed E-state index contributed by atoms with van der Waals surface area (Å²) in [6.07, 6.45) is 2.27. The van der Waals surface area contributed by atoms with Gasteiger partial charge in [-0.05, 0) is 75.9 Å². The quantitative estimate of drug-likeness (QED) is 0.279. The summed E-state index contributed by atoms with van der Waals surface area (Å²) in [5.41, 5.74) is 10.8. The smallest absolute Gasteiger partial charge is 0.0489 e. The lowest BCUT2D eigenvalue weighted by Gasteiger charge is -2.38. The van der Waals surface area contributed by atoms with Crippen molar-refractivity contribution in [3.63, 3.8) is 0 Å². The van der Waals surface area contributed by atoms with Crippen molar-refractivity contribution in [3.8, 4) is 11.1 Å². The van der Waals surface area contributed by atoms with Gasteiger partial charge in [-0.1, -0.05) is 94.8 Å². The van der Waals surface area contributed by atoms with Gasteiger partial charge in [0, 0.05) is 27.2 Å². The SMILES string of the molecule is CCC(C)c1ccc2[nH]c3ccc(C4(C(C)CC)c5ccccc5-c5ccccc54)cc3c2c1. The number of rotatable bonds is 5. The minimum Gasteiger partial charge on any atom is -0.355 e. The van der Waals surface area contributed by atoms with E-state index in [0.717, 1.165) is 12.8 Å². The van der Waals surface area contributed by atoms with Crippen LogP contribution in [0.3, 0.4) is 0 Å². The second-order valence-corrected chi connectivity index (χ2v) is 10.2. The Morgan fingerprint density at radius 1 is 0.676 bits per heavy atom. The van der Waals surface area contributed by atoms with Gasteiger partial charge in [-0.3, -0.25) is 0 Å². The van der Waals surface area contributed by atoms with Crippen molar-refractivity contribution >= 4 is 21.8 Å². The monoisotopic (exact) mass is 443 g/mol. The summed E-state index contributed by atoms with van der Waals surface area (Å²) >= 11 is 0. The topological polar surface area (TPSA) is 15.8 Å². The van der Waals surface area contributed by atoms with Crippen molar-refractivity contribution < 1.29 is 0 Å². The molecular formula is C33H33N. The second kappa shape index (κ2) is 7.87. The first-order valence-electron chi connectivity index (χ1n) is 12.8. The summed E-state index contributed by atoms with van der Waals surface area (Å²) in [7, 11) is 0. The molecule has 0 fully saturated rings. The third-order valence-corrected chi connectivity index (χ3v) is 8.61. The molecule has 5 aromatic rings. The molecule has 1 aromatic heterocycles. The predicted molar refractivity (Wildman–Crippen MR) is 146 cm³/mol. The molecule has 1 heterocycles. The first kappa shape index (κ1) is 21.2. The Bertz CT molecular complexity index is 1470. The van der Waals surface area contributed by atoms with Crippen molar-refractivity contribution in [1.29, 1.82) is 0 Å². The summed E-state index contributed by atoms with van der Waals surface area (Å²) in [5.74, 6) is 1.04. The zero-order valence-electron chi connectivity index (χ0n) is 20.7. The molecule has 0 saturated carbocycles. The second-order valence-electron chi connectivity index (χ2n) is 10.2. The van der Waals surface area contributed by atoms with Crippen LogP contribution in [-0.4, -0.2) is 4.98 Å². The summed E-state index contributed by atoms with van der Waals surface area (Å²) in [6, 6.07) is 32.3. The van der Waals surface area contributed by atoms with Gasteiger partial charge in [0.05, 0.1) is 0 Å². The number of benzene rings is 4. The molecule has 2 unspecified atom stereocenters. The van der Waals surface area contributed by atoms with Crippen LogP contribution in [0.25, 0.3) is 32.9 Å². The van der Waals surface area contributed by atoms with Gasteiger partial charge < -0.3 is 4.98 Å². The fourth-order valence-corrected chi connectivity index (χ4v) is 6.40. The molecule has 1 nitrogen and oxygen atoms in total. The zero-order valence-corrected chi connectivity index (χ0v) is 20.7. The average molecular weight is 444 g/mol. The van der Waals surface area contributed by atoms with E-state index in [1.807, 2.05) is 0 Å². The highest BCUT2D eigenvalue weighted by Gasteiger charge is 2.47. The van der Waals surface area contributed by atoms with Crippen molar-refractivity contribution in [3.05, 3.63) is 107 Å². The van der Waals surface area contributed by atoms with E-state index in [-0.39, 0.29) is 5.41 Å². The Morgan fingerprint density at radius 3 is 1.88 bits per heavy atom. The van der Waals surface area contributed by atoms with E-state index in [0.29, 0.717) is 11.8 Å². The van der Waals surface area contributed by atoms with Crippen LogP contribution in [0.2, 0.25) is 0 Å². The Labute approximate surface area is 202 Å². The third-order valence-electron chi connectivity index (χ3n) is 8.61. The van der Waals surface area contributed by atoms with Gasteiger partial charge >= 0.3 is 0 Å². The van der Waals surface area contributed by atoms with Crippen LogP contribution in [-0.2, 0) is 5.41 Å². The fourth-order valence-electron chi connectivity index (χ4n) is 6.40. The first-order valence-corrected chi connectivity index (χ1v) is 12.8. The normalized spacial score (nSPS) is 15.9. The third kappa shape index (κ3) is 2.79. The lowest BCUT2D eigenvalue weighted by molar-refractivity contribution is 0.400. The molecule has 1 N–H and O–H groups in total. The van der Waals surface area contributed by atoms with Crippen molar-refractivity contribution in [1.82, 2.24) is 4.98 Å². The average Bonchev–Trinajstić information content (AvgIpc) is 3.41. The molecule has 170 valence electrons. The Hall–Kier alpha value is -3.32. The molecule has 2 atom stereocenters. The lowest BCUT2D eigenvalue weighted by atomic mass is 9.64. The lowest BCUT2D eigenvalue weighted by Crippen LogP contribution is -2.34. The highest BCUT2D eigenvalue weighted by Crippen LogP contribution is 2.57. The van der Waals surface area contributed by atoms with Crippen LogP contribution in [0.1, 0.15) is 68.7 Å². The number of hydrogen-bond donors (Lipinski definition) is 1. The van der Waals surface area contributed by atoms with E-state index in [1.165, 1.54) is 55.2 Å². The van der Waals surface area contributed by atoms with E-state index in [2.05, 4.69) is 118 Å². The van der Waals surface area contributed by atoms with Gasteiger partial charge in [0.1, 0.15) is 0 Å². The predicted octanol–water partition coefficient (Wildman–Crippen LogP) is 9.20. The van der Waals surface area contributed by atoms with Crippen LogP contribution < -0.4 is 0 Å². The van der Waals surface area contributed by atoms with Gasteiger partial charge in [0.15, 0.2) is 0 Å². The summed E-state index contributed by atoms with van der Waals surface area (Å²) < 4.78 is 0. The number of fused-ring (bicyclic) bond motifs is 6. The molecule has 0 saturated heterocycles. The van der Waals surface area contributed by atoms with Gasteiger partial charge in [-0.25, -0.2) is 0 Å². The number of aromatic amines is 1. The van der Waals surface area contributed by atoms with Crippen molar-refractivity contribution in [2.45, 2.75) is 51.9 Å². The van der Waals surface area contributed by atoms with E-state index < -0.39 is 0 Å². The zero-order chi connectivity index (χ0) is 23.4. The molecule has 1 aliphatic carbocycles. The van der Waals surface area contributed by atoms with Gasteiger partial charge in [-0.15, -0.1) is 0 Å². The van der Waals surface area contributed by atoms with E-state index >= 15 is 0 Å². The molecule has 1 heteroatoms. The molecule has 0 spiro atoms. The molecule has 4 aromatic carbocycles. The minimum atomic E-state index is -0.145. The highest BCUT2D eigenvalue weighted by atomic mass is 14.7. The maximum Gasteiger partial charge on any atom is 0.0489 e. The Balaban J connectivity index is 1.67. The summed E-state index contributed by atoms with van der Waals surface area (Å²) in [6.45, 7) is 9.36. The molecule has 0 radical (unpaired) electrons. The van der Waals surface area contributed by atoms with Crippen LogP contribution >= 0.6 is 0 Å². The van der Waals surface area contributed by atoms with E-state index in [4.69, 9.17) is 0 Å². The van der Waals surface area contributed by atoms with E-state index in [9.17, 15) is 0 Å². The Morgan fingerprint density at radius 2 is 1.26 bits per heavy atom. The van der Waals surface area contributed by atoms with Gasteiger partial charge in [0.2, 0.25) is 0 Å². The Kier molecular flexibility index (Phi) is 4.92. The summed E-state index contributed by atoms with van der Waals surface area (Å²) in [5, 5.41) is 2.68. The molecular weight excluding hydrogens is 410 g/mol. The number of aromatic nitrogens is 1. The van der Waals surface area contributed by atoms with Gasteiger partial charge in [0.25, 0.3) is 0 Å². The largest absolute Gasteiger partial charge is 0.355 e. The van der Waals surface area contributed by atoms with Crippen LogP contribution in [0.4, 0.5) is 0 Å². The van der Waals surface area contributed by atoms with Gasteiger partial charge in [-0.2, -0.15) is 0 Å². The standard InChI is InChI=1S/C33H33N/c1-5-21(3)23-15-17-31-27(19-23)28-20-24(16-18-32(28)34-31)33(22(4)6-2)29-13-9-7-11-25(29)26-12-8-10-14-30(26)33/h7-22,34H,5-6H2,1-4H3. The minimum absolute atomic E-state index is 0.145. The highest BCUT2D eigenvalue weighted by molar-refractivity contribution is 6.08. The first-order chi connectivity index (χ1) is 16.6. The summed E-state index contributed by atoms with van der Waals surface area (Å²) in [4.78, 5) is 3.67. The van der Waals surface area contributed by atoms with Crippen molar-refractivity contribution in [2.24, 2.45) is 5.92 Å². The molecule has 34 heavy (non-hydrogen) atoms. The van der Waals surface area contributed by atoms with Crippen LogP contribution in [0.15, 0.2) is 84.9 Å². The maximum absolute atomic E-state index is 3.67. The molecule has 0 amide bonds. The maximum atomic E-state index is 3.67. The molecule has 0 bridgehead atoms. The number of hydrogen-bond acceptors (Lipinski definition) is 0. The fraction of sp³-hybridized carbons (Fsp3) is 0.273. The number of nitrogens with one attached hydrogen (secondary N) is 1. The number of H-pyrrole nitrogens is 1. The van der Waals surface area contributed by atoms with Crippen molar-refractivity contribution in [2.75, 3.05) is 0 Å². The molecule has 6 rings (SSSR count).